The van der Waals surface area contributed by atoms with Gasteiger partial charge in [0.15, 0.2) is 5.65 Å². The molecule has 1 fully saturated rings. The van der Waals surface area contributed by atoms with Crippen molar-refractivity contribution in [2.24, 2.45) is 0 Å². The maximum absolute atomic E-state index is 12.7. The molecule has 1 N–H and O–H groups in total. The maximum Gasteiger partial charge on any atom is 0.417 e. The van der Waals surface area contributed by atoms with Crippen LogP contribution < -0.4 is 5.56 Å². The van der Waals surface area contributed by atoms with Gasteiger partial charge in [-0.15, -0.1) is 0 Å². The Bertz CT molecular complexity index is 1030. The molecule has 0 aliphatic heterocycles. The quantitative estimate of drug-likeness (QED) is 0.774. The number of H-pyrrole nitrogens is 1. The van der Waals surface area contributed by atoms with E-state index in [1.165, 1.54) is 6.07 Å². The zero-order chi connectivity index (χ0) is 18.6. The second-order valence-electron chi connectivity index (χ2n) is 6.60. The van der Waals surface area contributed by atoms with Gasteiger partial charge in [0.25, 0.3) is 5.56 Å². The van der Waals surface area contributed by atoms with Crippen LogP contribution in [0.2, 0.25) is 0 Å². The van der Waals surface area contributed by atoms with Crippen molar-refractivity contribution in [3.8, 4) is 0 Å². The lowest BCUT2D eigenvalue weighted by molar-refractivity contribution is -0.137. The standard InChI is InChI=1S/C17H16F3N5O/c1-8(12-6-5-11(7-21-12)17(18,19)20)25-15-13(14(24-25)10-3-4-10)16(26)23-9(2)22-15/h5-8,10H,3-4H2,1-2H3,(H,22,23,26). The summed E-state index contributed by atoms with van der Waals surface area (Å²) in [6, 6.07) is 1.87. The first-order valence-corrected chi connectivity index (χ1v) is 8.28. The van der Waals surface area contributed by atoms with E-state index < -0.39 is 17.8 Å². The Morgan fingerprint density at radius 3 is 2.62 bits per heavy atom. The summed E-state index contributed by atoms with van der Waals surface area (Å²) in [7, 11) is 0. The van der Waals surface area contributed by atoms with Crippen molar-refractivity contribution >= 4 is 11.0 Å². The third-order valence-electron chi connectivity index (χ3n) is 4.58. The van der Waals surface area contributed by atoms with Crippen LogP contribution in [-0.4, -0.2) is 24.7 Å². The van der Waals surface area contributed by atoms with E-state index in [1.54, 1.807) is 18.5 Å². The Hall–Kier alpha value is -2.71. The third kappa shape index (κ3) is 2.77. The van der Waals surface area contributed by atoms with E-state index in [0.717, 1.165) is 25.1 Å². The van der Waals surface area contributed by atoms with Gasteiger partial charge in [-0.3, -0.25) is 9.78 Å². The molecule has 1 unspecified atom stereocenters. The second-order valence-corrected chi connectivity index (χ2v) is 6.60. The molecule has 0 amide bonds. The van der Waals surface area contributed by atoms with Crippen molar-refractivity contribution in [3.05, 3.63) is 51.5 Å². The summed E-state index contributed by atoms with van der Waals surface area (Å²) in [5, 5.41) is 5.03. The number of aromatic nitrogens is 5. The number of hydrogen-bond acceptors (Lipinski definition) is 4. The molecule has 3 aromatic heterocycles. The molecule has 136 valence electrons. The normalized spacial score (nSPS) is 16.2. The number of rotatable bonds is 3. The Labute approximate surface area is 146 Å². The van der Waals surface area contributed by atoms with Gasteiger partial charge in [-0.1, -0.05) is 0 Å². The molecule has 4 rings (SSSR count). The summed E-state index contributed by atoms with van der Waals surface area (Å²) in [5.74, 6) is 0.690. The van der Waals surface area contributed by atoms with Crippen LogP contribution in [-0.2, 0) is 6.18 Å². The van der Waals surface area contributed by atoms with E-state index >= 15 is 0 Å². The summed E-state index contributed by atoms with van der Waals surface area (Å²) >= 11 is 0. The largest absolute Gasteiger partial charge is 0.417 e. The summed E-state index contributed by atoms with van der Waals surface area (Å²) < 4.78 is 39.8. The fraction of sp³-hybridized carbons (Fsp3) is 0.412. The molecule has 1 saturated carbocycles. The van der Waals surface area contributed by atoms with Gasteiger partial charge < -0.3 is 4.98 Å². The number of aryl methyl sites for hydroxylation is 1. The Morgan fingerprint density at radius 1 is 1.31 bits per heavy atom. The van der Waals surface area contributed by atoms with Crippen molar-refractivity contribution in [3.63, 3.8) is 0 Å². The van der Waals surface area contributed by atoms with Crippen LogP contribution in [0.15, 0.2) is 23.1 Å². The van der Waals surface area contributed by atoms with Gasteiger partial charge in [0.2, 0.25) is 0 Å². The van der Waals surface area contributed by atoms with Crippen LogP contribution >= 0.6 is 0 Å². The van der Waals surface area contributed by atoms with Gasteiger partial charge in [-0.05, 0) is 38.8 Å². The van der Waals surface area contributed by atoms with Crippen molar-refractivity contribution in [1.29, 1.82) is 0 Å². The molecule has 6 nitrogen and oxygen atoms in total. The maximum atomic E-state index is 12.7. The van der Waals surface area contributed by atoms with E-state index in [9.17, 15) is 18.0 Å². The molecule has 3 aromatic rings. The van der Waals surface area contributed by atoms with E-state index in [1.807, 2.05) is 0 Å². The lowest BCUT2D eigenvalue weighted by Crippen LogP contribution is -2.14. The fourth-order valence-electron chi connectivity index (χ4n) is 3.04. The highest BCUT2D eigenvalue weighted by atomic mass is 19.4. The van der Waals surface area contributed by atoms with Crippen LogP contribution in [0.4, 0.5) is 13.2 Å². The average molecular weight is 363 g/mol. The van der Waals surface area contributed by atoms with Gasteiger partial charge in [0, 0.05) is 12.1 Å². The monoisotopic (exact) mass is 363 g/mol. The molecule has 0 saturated heterocycles. The van der Waals surface area contributed by atoms with Gasteiger partial charge >= 0.3 is 6.18 Å². The van der Waals surface area contributed by atoms with Crippen molar-refractivity contribution in [2.45, 2.75) is 44.8 Å². The fourth-order valence-corrected chi connectivity index (χ4v) is 3.04. The number of nitrogens with zero attached hydrogens (tertiary/aromatic N) is 4. The van der Waals surface area contributed by atoms with Crippen LogP contribution in [0, 0.1) is 6.92 Å². The zero-order valence-electron chi connectivity index (χ0n) is 14.1. The highest BCUT2D eigenvalue weighted by Crippen LogP contribution is 2.42. The number of halogens is 3. The first-order chi connectivity index (χ1) is 12.3. The van der Waals surface area contributed by atoms with Crippen LogP contribution in [0.5, 0.6) is 0 Å². The molecule has 26 heavy (non-hydrogen) atoms. The number of hydrogen-bond donors (Lipinski definition) is 1. The first-order valence-electron chi connectivity index (χ1n) is 8.28. The first kappa shape index (κ1) is 16.7. The molecule has 0 spiro atoms. The molecule has 0 radical (unpaired) electrons. The lowest BCUT2D eigenvalue weighted by Gasteiger charge is -2.14. The minimum Gasteiger partial charge on any atom is -0.310 e. The zero-order valence-corrected chi connectivity index (χ0v) is 14.1. The summed E-state index contributed by atoms with van der Waals surface area (Å²) in [6.45, 7) is 3.45. The van der Waals surface area contributed by atoms with Gasteiger partial charge in [-0.2, -0.15) is 18.3 Å². The summed E-state index contributed by atoms with van der Waals surface area (Å²) in [4.78, 5) is 23.4. The average Bonchev–Trinajstić information content (AvgIpc) is 3.34. The van der Waals surface area contributed by atoms with Crippen molar-refractivity contribution < 1.29 is 13.2 Å². The highest BCUT2D eigenvalue weighted by molar-refractivity contribution is 5.78. The molecule has 9 heteroatoms. The summed E-state index contributed by atoms with van der Waals surface area (Å²) in [6.07, 6.45) is -1.69. The molecule has 1 aliphatic rings. The van der Waals surface area contributed by atoms with E-state index in [0.29, 0.717) is 28.2 Å². The Morgan fingerprint density at radius 2 is 2.04 bits per heavy atom. The minimum atomic E-state index is -4.43. The third-order valence-corrected chi connectivity index (χ3v) is 4.58. The predicted octanol–water partition coefficient (Wildman–Crippen LogP) is 3.33. The molecule has 0 aromatic carbocycles. The molecule has 3 heterocycles. The molecule has 0 bridgehead atoms. The van der Waals surface area contributed by atoms with Crippen molar-refractivity contribution in [2.75, 3.05) is 0 Å². The number of alkyl halides is 3. The van der Waals surface area contributed by atoms with Gasteiger partial charge in [0.05, 0.1) is 23.0 Å². The highest BCUT2D eigenvalue weighted by Gasteiger charge is 2.33. The minimum absolute atomic E-state index is 0.233. The molecule has 1 aliphatic carbocycles. The topological polar surface area (TPSA) is 76.5 Å². The number of aromatic amines is 1. The number of nitrogens with one attached hydrogen (secondary N) is 1. The van der Waals surface area contributed by atoms with E-state index in [-0.39, 0.29) is 11.5 Å². The number of pyridine rings is 1. The smallest absolute Gasteiger partial charge is 0.310 e. The SMILES string of the molecule is Cc1nc2c(c(C3CC3)nn2C(C)c2ccc(C(F)(F)F)cn2)c(=O)[nH]1. The van der Waals surface area contributed by atoms with Gasteiger partial charge in [0.1, 0.15) is 11.2 Å². The predicted molar refractivity (Wildman–Crippen MR) is 87.9 cm³/mol. The van der Waals surface area contributed by atoms with Gasteiger partial charge in [-0.25, -0.2) is 9.67 Å². The Kier molecular flexibility index (Phi) is 3.64. The Balaban J connectivity index is 1.82. The van der Waals surface area contributed by atoms with Crippen molar-refractivity contribution in [1.82, 2.24) is 24.7 Å². The number of fused-ring (bicyclic) bond motifs is 1. The lowest BCUT2D eigenvalue weighted by atomic mass is 10.2. The molecule has 1 atom stereocenters. The van der Waals surface area contributed by atoms with E-state index in [4.69, 9.17) is 0 Å². The summed E-state index contributed by atoms with van der Waals surface area (Å²) in [5.41, 5.74) is 0.510. The van der Waals surface area contributed by atoms with Crippen LogP contribution in [0.3, 0.4) is 0 Å². The van der Waals surface area contributed by atoms with E-state index in [2.05, 4.69) is 20.1 Å². The molecular weight excluding hydrogens is 347 g/mol. The second kappa shape index (κ2) is 5.65. The molecular formula is C17H16F3N5O. The van der Waals surface area contributed by atoms with Crippen LogP contribution in [0.1, 0.15) is 54.5 Å². The van der Waals surface area contributed by atoms with Crippen LogP contribution in [0.25, 0.3) is 11.0 Å².